The smallest absolute Gasteiger partial charge is 0.175 e. The van der Waals surface area contributed by atoms with E-state index >= 15 is 0 Å². The molecule has 0 saturated carbocycles. The molecule has 0 bridgehead atoms. The molecule has 0 atom stereocenters. The Kier molecular flexibility index (Phi) is 6.53. The largest absolute Gasteiger partial charge is 0.486 e. The van der Waals surface area contributed by atoms with Gasteiger partial charge in [0.05, 0.1) is 15.5 Å². The van der Waals surface area contributed by atoms with Crippen LogP contribution in [0.5, 0.6) is 5.75 Å². The molecular weight excluding hydrogens is 492 g/mol. The molecule has 164 valence electrons. The van der Waals surface area contributed by atoms with E-state index in [-0.39, 0.29) is 17.3 Å². The molecule has 4 aromatic rings. The number of nitrogens with zero attached hydrogens (tertiary/aromatic N) is 1. The van der Waals surface area contributed by atoms with E-state index < -0.39 is 9.84 Å². The summed E-state index contributed by atoms with van der Waals surface area (Å²) in [5, 5.41) is 1.61. The van der Waals surface area contributed by atoms with Crippen LogP contribution in [0, 0.1) is 5.82 Å². The van der Waals surface area contributed by atoms with Crippen molar-refractivity contribution in [3.8, 4) is 27.4 Å². The van der Waals surface area contributed by atoms with E-state index in [0.717, 1.165) is 22.3 Å². The lowest BCUT2D eigenvalue weighted by Crippen LogP contribution is -1.97. The van der Waals surface area contributed by atoms with Crippen LogP contribution in [-0.2, 0) is 16.4 Å². The van der Waals surface area contributed by atoms with Crippen LogP contribution in [0.1, 0.15) is 5.01 Å². The van der Waals surface area contributed by atoms with Crippen LogP contribution in [-0.4, -0.2) is 19.7 Å². The number of halogens is 3. The van der Waals surface area contributed by atoms with Crippen molar-refractivity contribution in [2.24, 2.45) is 0 Å². The summed E-state index contributed by atoms with van der Waals surface area (Å²) in [6, 6.07) is 17.6. The second-order valence-electron chi connectivity index (χ2n) is 6.98. The Hall–Kier alpha value is -2.45. The lowest BCUT2D eigenvalue weighted by atomic mass is 10.1. The molecule has 0 aliphatic rings. The quantitative estimate of drug-likeness (QED) is 0.284. The molecule has 0 saturated heterocycles. The van der Waals surface area contributed by atoms with Gasteiger partial charge in [-0.15, -0.1) is 11.3 Å². The van der Waals surface area contributed by atoms with Gasteiger partial charge in [-0.3, -0.25) is 0 Å². The highest BCUT2D eigenvalue weighted by Gasteiger charge is 2.17. The molecule has 3 aromatic carbocycles. The van der Waals surface area contributed by atoms with E-state index in [2.05, 4.69) is 0 Å². The SMILES string of the molecule is CS(=O)(=O)c1ccc(-c2nc(COc3cc(Cl)cc(Cl)c3)sc2-c2ccc(F)cc2)cc1. The summed E-state index contributed by atoms with van der Waals surface area (Å²) in [5.74, 6) is 0.179. The van der Waals surface area contributed by atoms with Gasteiger partial charge in [-0.1, -0.05) is 47.5 Å². The highest BCUT2D eigenvalue weighted by molar-refractivity contribution is 7.90. The number of hydrogen-bond donors (Lipinski definition) is 0. The molecule has 0 aliphatic heterocycles. The molecule has 0 amide bonds. The molecular formula is C23H16Cl2FNO3S2. The first-order chi connectivity index (χ1) is 15.2. The van der Waals surface area contributed by atoms with E-state index in [1.165, 1.54) is 23.5 Å². The molecule has 0 spiro atoms. The fourth-order valence-electron chi connectivity index (χ4n) is 3.04. The fourth-order valence-corrected chi connectivity index (χ4v) is 5.18. The first kappa shape index (κ1) is 22.7. The second-order valence-corrected chi connectivity index (χ2v) is 11.0. The molecule has 0 radical (unpaired) electrons. The number of benzene rings is 3. The van der Waals surface area contributed by atoms with E-state index in [1.54, 1.807) is 54.6 Å². The standard InChI is InChI=1S/C23H16Cl2FNO3S2/c1-32(28,29)20-8-4-14(5-9-20)22-23(15-2-6-18(26)7-3-15)31-21(27-22)13-30-19-11-16(24)10-17(25)12-19/h2-12H,13H2,1H3. The van der Waals surface area contributed by atoms with Crippen LogP contribution in [0.4, 0.5) is 4.39 Å². The highest BCUT2D eigenvalue weighted by Crippen LogP contribution is 2.38. The summed E-state index contributed by atoms with van der Waals surface area (Å²) in [6.07, 6.45) is 1.16. The normalized spacial score (nSPS) is 11.5. The number of hydrogen-bond acceptors (Lipinski definition) is 5. The number of thiazole rings is 1. The van der Waals surface area contributed by atoms with Crippen LogP contribution in [0.25, 0.3) is 21.7 Å². The van der Waals surface area contributed by atoms with Crippen LogP contribution in [0.3, 0.4) is 0 Å². The van der Waals surface area contributed by atoms with Gasteiger partial charge in [-0.2, -0.15) is 0 Å². The van der Waals surface area contributed by atoms with Crippen molar-refractivity contribution in [3.63, 3.8) is 0 Å². The van der Waals surface area contributed by atoms with Gasteiger partial charge in [0, 0.05) is 21.9 Å². The minimum Gasteiger partial charge on any atom is -0.486 e. The van der Waals surface area contributed by atoms with Crippen molar-refractivity contribution < 1.29 is 17.5 Å². The van der Waals surface area contributed by atoms with Crippen molar-refractivity contribution >= 4 is 44.4 Å². The first-order valence-corrected chi connectivity index (χ1v) is 12.8. The van der Waals surface area contributed by atoms with Crippen molar-refractivity contribution in [2.45, 2.75) is 11.5 Å². The lowest BCUT2D eigenvalue weighted by molar-refractivity contribution is 0.305. The van der Waals surface area contributed by atoms with E-state index in [1.807, 2.05) is 0 Å². The Morgan fingerprint density at radius 2 is 1.53 bits per heavy atom. The van der Waals surface area contributed by atoms with Gasteiger partial charge in [0.15, 0.2) is 9.84 Å². The Morgan fingerprint density at radius 1 is 0.938 bits per heavy atom. The van der Waals surface area contributed by atoms with Crippen molar-refractivity contribution in [1.29, 1.82) is 0 Å². The molecule has 0 unspecified atom stereocenters. The zero-order valence-corrected chi connectivity index (χ0v) is 19.8. The third-order valence-electron chi connectivity index (χ3n) is 4.53. The Balaban J connectivity index is 1.70. The maximum absolute atomic E-state index is 13.5. The van der Waals surface area contributed by atoms with Crippen molar-refractivity contribution in [3.05, 3.63) is 87.6 Å². The fraction of sp³-hybridized carbons (Fsp3) is 0.0870. The topological polar surface area (TPSA) is 56.3 Å². The average molecular weight is 508 g/mol. The summed E-state index contributed by atoms with van der Waals surface area (Å²) < 4.78 is 42.8. The van der Waals surface area contributed by atoms with Gasteiger partial charge in [0.1, 0.15) is 23.2 Å². The Morgan fingerprint density at radius 3 is 2.12 bits per heavy atom. The third-order valence-corrected chi connectivity index (χ3v) is 7.17. The summed E-state index contributed by atoms with van der Waals surface area (Å²) in [7, 11) is -3.31. The molecule has 1 aromatic heterocycles. The zero-order chi connectivity index (χ0) is 22.9. The minimum atomic E-state index is -3.31. The van der Waals surface area contributed by atoms with Crippen LogP contribution >= 0.6 is 34.5 Å². The minimum absolute atomic E-state index is 0.178. The van der Waals surface area contributed by atoms with Crippen LogP contribution < -0.4 is 4.74 Å². The zero-order valence-electron chi connectivity index (χ0n) is 16.7. The molecule has 4 nitrogen and oxygen atoms in total. The highest BCUT2D eigenvalue weighted by atomic mass is 35.5. The number of sulfone groups is 1. The molecule has 0 N–H and O–H groups in total. The molecule has 0 fully saturated rings. The van der Waals surface area contributed by atoms with E-state index in [0.29, 0.717) is 26.5 Å². The van der Waals surface area contributed by atoms with E-state index in [9.17, 15) is 12.8 Å². The van der Waals surface area contributed by atoms with Crippen LogP contribution in [0.15, 0.2) is 71.6 Å². The average Bonchev–Trinajstić information content (AvgIpc) is 3.16. The number of aromatic nitrogens is 1. The third kappa shape index (κ3) is 5.30. The van der Waals surface area contributed by atoms with Gasteiger partial charge in [-0.25, -0.2) is 17.8 Å². The molecule has 32 heavy (non-hydrogen) atoms. The van der Waals surface area contributed by atoms with Crippen molar-refractivity contribution in [2.75, 3.05) is 6.26 Å². The lowest BCUT2D eigenvalue weighted by Gasteiger charge is -2.05. The molecule has 0 aliphatic carbocycles. The number of rotatable bonds is 6. The predicted octanol–water partition coefficient (Wildman–Crippen LogP) is 6.91. The van der Waals surface area contributed by atoms with Crippen LogP contribution in [0.2, 0.25) is 10.0 Å². The van der Waals surface area contributed by atoms with Gasteiger partial charge < -0.3 is 4.74 Å². The van der Waals surface area contributed by atoms with E-state index in [4.69, 9.17) is 32.9 Å². The summed E-state index contributed by atoms with van der Waals surface area (Å²) in [5.41, 5.74) is 2.19. The molecule has 4 rings (SSSR count). The van der Waals surface area contributed by atoms with Gasteiger partial charge in [0.25, 0.3) is 0 Å². The van der Waals surface area contributed by atoms with Crippen molar-refractivity contribution in [1.82, 2.24) is 4.98 Å². The molecule has 1 heterocycles. The van der Waals surface area contributed by atoms with Gasteiger partial charge in [0.2, 0.25) is 0 Å². The first-order valence-electron chi connectivity index (χ1n) is 9.34. The second kappa shape index (κ2) is 9.19. The molecule has 9 heteroatoms. The van der Waals surface area contributed by atoms with Gasteiger partial charge in [-0.05, 0) is 48.0 Å². The maximum Gasteiger partial charge on any atom is 0.175 e. The van der Waals surface area contributed by atoms with Gasteiger partial charge >= 0.3 is 0 Å². The number of ether oxygens (including phenoxy) is 1. The maximum atomic E-state index is 13.5. The Bertz CT molecular complexity index is 1350. The monoisotopic (exact) mass is 507 g/mol. The summed E-state index contributed by atoms with van der Waals surface area (Å²) in [4.78, 5) is 5.76. The predicted molar refractivity (Wildman–Crippen MR) is 127 cm³/mol. The summed E-state index contributed by atoms with van der Waals surface area (Å²) in [6.45, 7) is 0.178. The Labute approximate surface area is 199 Å². The summed E-state index contributed by atoms with van der Waals surface area (Å²) >= 11 is 13.5.